The second-order valence-corrected chi connectivity index (χ2v) is 7.51. The van der Waals surface area contributed by atoms with Crippen LogP contribution in [0, 0.1) is 22.7 Å². The highest BCUT2D eigenvalue weighted by atomic mass is 16.5. The molecular formula is C18H24O5. The van der Waals surface area contributed by atoms with Crippen molar-refractivity contribution in [3.8, 4) is 0 Å². The molecule has 23 heavy (non-hydrogen) atoms. The first-order chi connectivity index (χ1) is 11.0. The normalized spacial score (nSPS) is 46.3. The first-order valence-electron chi connectivity index (χ1n) is 8.71. The fourth-order valence-electron chi connectivity index (χ4n) is 6.54. The molecule has 0 radical (unpaired) electrons. The van der Waals surface area contributed by atoms with Crippen LogP contribution in [-0.4, -0.2) is 35.9 Å². The van der Waals surface area contributed by atoms with E-state index in [0.29, 0.717) is 18.9 Å². The van der Waals surface area contributed by atoms with Crippen LogP contribution in [0.3, 0.4) is 0 Å². The zero-order valence-electron chi connectivity index (χ0n) is 13.7. The van der Waals surface area contributed by atoms with Crippen LogP contribution in [0.25, 0.3) is 0 Å². The highest BCUT2D eigenvalue weighted by Crippen LogP contribution is 2.78. The smallest absolute Gasteiger partial charge is 0.313 e. The minimum Gasteiger partial charge on any atom is -0.466 e. The third kappa shape index (κ3) is 1.61. The van der Waals surface area contributed by atoms with Gasteiger partial charge in [-0.1, -0.05) is 11.6 Å². The maximum atomic E-state index is 13.0. The zero-order valence-corrected chi connectivity index (χ0v) is 13.7. The highest BCUT2D eigenvalue weighted by molar-refractivity contribution is 5.81. The molecule has 1 unspecified atom stereocenters. The predicted octanol–water partition coefficient (Wildman–Crippen LogP) is 1.98. The summed E-state index contributed by atoms with van der Waals surface area (Å²) in [6, 6.07) is 0. The molecule has 126 valence electrons. The predicted molar refractivity (Wildman–Crippen MR) is 81.2 cm³/mol. The minimum atomic E-state index is -0.633. The van der Waals surface area contributed by atoms with Crippen molar-refractivity contribution in [2.24, 2.45) is 22.7 Å². The van der Waals surface area contributed by atoms with Crippen LogP contribution >= 0.6 is 0 Å². The fourth-order valence-corrected chi connectivity index (χ4v) is 6.54. The Balaban J connectivity index is 1.84. The molecule has 0 aromatic rings. The number of allylic oxidation sites excluding steroid dienone is 1. The highest BCUT2D eigenvalue weighted by Gasteiger charge is 2.79. The summed E-state index contributed by atoms with van der Waals surface area (Å²) < 4.78 is 11.0. The molecule has 1 N–H and O–H groups in total. The molecule has 0 aromatic heterocycles. The van der Waals surface area contributed by atoms with Crippen molar-refractivity contribution in [2.75, 3.05) is 6.61 Å². The third-order valence-corrected chi connectivity index (χ3v) is 6.85. The number of ether oxygens (including phenoxy) is 2. The lowest BCUT2D eigenvalue weighted by molar-refractivity contribution is -0.161. The number of rotatable bonds is 3. The van der Waals surface area contributed by atoms with E-state index >= 15 is 0 Å². The van der Waals surface area contributed by atoms with Crippen molar-refractivity contribution in [1.29, 1.82) is 0 Å². The zero-order chi connectivity index (χ0) is 16.4. The molecule has 6 atom stereocenters. The Labute approximate surface area is 136 Å². The Morgan fingerprint density at radius 2 is 2.17 bits per heavy atom. The van der Waals surface area contributed by atoms with Gasteiger partial charge in [0.25, 0.3) is 0 Å². The van der Waals surface area contributed by atoms with Gasteiger partial charge in [0.05, 0.1) is 18.1 Å². The van der Waals surface area contributed by atoms with E-state index in [1.807, 2.05) is 13.0 Å². The lowest BCUT2D eigenvalue weighted by Crippen LogP contribution is -2.46. The van der Waals surface area contributed by atoms with E-state index in [2.05, 4.69) is 0 Å². The standard InChI is InChI=1S/C18H24O5/c1-3-22-16(21)17-7-6-11-4-5-12-8-13(20)15(18(11,12)17)14(9-17)23-10(2)19/h8,11,13-15,20H,3-7,9H2,1-2H3/t11-,13-,14-,15+,17+,18?/m0/s1. The van der Waals surface area contributed by atoms with E-state index < -0.39 is 17.6 Å². The molecule has 0 aliphatic heterocycles. The van der Waals surface area contributed by atoms with Gasteiger partial charge in [-0.3, -0.25) is 9.59 Å². The Morgan fingerprint density at radius 3 is 2.87 bits per heavy atom. The summed E-state index contributed by atoms with van der Waals surface area (Å²) in [7, 11) is 0. The number of aliphatic hydroxyl groups is 1. The lowest BCUT2D eigenvalue weighted by atomic mass is 9.61. The molecule has 5 nitrogen and oxygen atoms in total. The molecular weight excluding hydrogens is 296 g/mol. The van der Waals surface area contributed by atoms with Crippen LogP contribution in [0.15, 0.2) is 11.6 Å². The second-order valence-electron chi connectivity index (χ2n) is 7.51. The van der Waals surface area contributed by atoms with Crippen LogP contribution in [0.2, 0.25) is 0 Å². The molecule has 0 aromatic carbocycles. The first-order valence-corrected chi connectivity index (χ1v) is 8.71. The first kappa shape index (κ1) is 15.2. The van der Waals surface area contributed by atoms with Crippen LogP contribution in [0.1, 0.15) is 46.0 Å². The van der Waals surface area contributed by atoms with Crippen LogP contribution < -0.4 is 0 Å². The molecule has 0 bridgehead atoms. The number of aliphatic hydroxyl groups excluding tert-OH is 1. The average Bonchev–Trinajstić information content (AvgIpc) is 3.11. The van der Waals surface area contributed by atoms with Gasteiger partial charge in [0, 0.05) is 24.7 Å². The maximum absolute atomic E-state index is 13.0. The molecule has 3 fully saturated rings. The van der Waals surface area contributed by atoms with Gasteiger partial charge in [-0.25, -0.2) is 0 Å². The van der Waals surface area contributed by atoms with Crippen LogP contribution in [0.4, 0.5) is 0 Å². The fraction of sp³-hybridized carbons (Fsp3) is 0.778. The van der Waals surface area contributed by atoms with E-state index in [-0.39, 0.29) is 23.3 Å². The van der Waals surface area contributed by atoms with Crippen LogP contribution in [0.5, 0.6) is 0 Å². The summed E-state index contributed by atoms with van der Waals surface area (Å²) in [5.41, 5.74) is 0.233. The Bertz CT molecular complexity index is 596. The third-order valence-electron chi connectivity index (χ3n) is 6.85. The summed E-state index contributed by atoms with van der Waals surface area (Å²) in [5.74, 6) is -0.314. The summed E-state index contributed by atoms with van der Waals surface area (Å²) >= 11 is 0. The second kappa shape index (κ2) is 4.82. The largest absolute Gasteiger partial charge is 0.466 e. The van der Waals surface area contributed by atoms with Gasteiger partial charge in [-0.05, 0) is 38.5 Å². The Hall–Kier alpha value is -1.36. The summed E-state index contributed by atoms with van der Waals surface area (Å²) in [6.45, 7) is 3.57. The van der Waals surface area contributed by atoms with E-state index in [0.717, 1.165) is 25.7 Å². The van der Waals surface area contributed by atoms with Crippen molar-refractivity contribution in [3.63, 3.8) is 0 Å². The molecule has 4 aliphatic carbocycles. The van der Waals surface area contributed by atoms with E-state index in [9.17, 15) is 14.7 Å². The van der Waals surface area contributed by atoms with Gasteiger partial charge >= 0.3 is 11.9 Å². The van der Waals surface area contributed by atoms with E-state index in [4.69, 9.17) is 9.47 Å². The van der Waals surface area contributed by atoms with Gasteiger partial charge in [-0.15, -0.1) is 0 Å². The monoisotopic (exact) mass is 320 g/mol. The van der Waals surface area contributed by atoms with Crippen molar-refractivity contribution < 1.29 is 24.2 Å². The number of hydrogen-bond acceptors (Lipinski definition) is 5. The van der Waals surface area contributed by atoms with Crippen molar-refractivity contribution >= 4 is 11.9 Å². The average molecular weight is 320 g/mol. The van der Waals surface area contributed by atoms with Gasteiger partial charge in [0.2, 0.25) is 0 Å². The maximum Gasteiger partial charge on any atom is 0.313 e. The molecule has 4 rings (SSSR count). The molecule has 4 aliphatic rings. The van der Waals surface area contributed by atoms with Crippen molar-refractivity contribution in [3.05, 3.63) is 11.6 Å². The SMILES string of the molecule is CCOC(=O)[C@@]12CC[C@@H]3CCC4=C[C@H](O)[C@H]([C@@H](OC(C)=O)C1)C432. The van der Waals surface area contributed by atoms with Gasteiger partial charge < -0.3 is 14.6 Å². The van der Waals surface area contributed by atoms with E-state index in [1.165, 1.54) is 12.5 Å². The Morgan fingerprint density at radius 1 is 1.39 bits per heavy atom. The molecule has 0 heterocycles. The molecule has 0 amide bonds. The quantitative estimate of drug-likeness (QED) is 0.636. The summed E-state index contributed by atoms with van der Waals surface area (Å²) in [6.07, 6.45) is 5.14. The van der Waals surface area contributed by atoms with E-state index in [1.54, 1.807) is 0 Å². The topological polar surface area (TPSA) is 72.8 Å². The number of carbonyl (C=O) groups excluding carboxylic acids is 2. The van der Waals surface area contributed by atoms with Crippen molar-refractivity contribution in [1.82, 2.24) is 0 Å². The van der Waals surface area contributed by atoms with Gasteiger partial charge in [0.15, 0.2) is 0 Å². The van der Waals surface area contributed by atoms with Gasteiger partial charge in [-0.2, -0.15) is 0 Å². The Kier molecular flexibility index (Phi) is 3.18. The molecule has 1 spiro atoms. The minimum absolute atomic E-state index is 0.163. The number of hydrogen-bond donors (Lipinski definition) is 1. The molecule has 3 saturated carbocycles. The molecule has 0 saturated heterocycles. The summed E-state index contributed by atoms with van der Waals surface area (Å²) in [5, 5.41) is 10.7. The lowest BCUT2D eigenvalue weighted by Gasteiger charge is -2.41. The van der Waals surface area contributed by atoms with Gasteiger partial charge in [0.1, 0.15) is 6.10 Å². The number of esters is 2. The van der Waals surface area contributed by atoms with Crippen LogP contribution in [-0.2, 0) is 19.1 Å². The summed E-state index contributed by atoms with van der Waals surface area (Å²) in [4.78, 5) is 24.5. The molecule has 5 heteroatoms. The number of carbonyl (C=O) groups is 2. The van der Waals surface area contributed by atoms with Crippen molar-refractivity contribution in [2.45, 2.75) is 58.2 Å².